The van der Waals surface area contributed by atoms with Crippen LogP contribution in [0.3, 0.4) is 0 Å². The van der Waals surface area contributed by atoms with E-state index in [-0.39, 0.29) is 29.8 Å². The normalized spacial score (nSPS) is 11.0. The number of hydrogen-bond acceptors (Lipinski definition) is 3. The third-order valence-corrected chi connectivity index (χ3v) is 3.45. The van der Waals surface area contributed by atoms with Gasteiger partial charge in [-0.05, 0) is 31.5 Å². The fraction of sp³-hybridized carbons (Fsp3) is 0.312. The van der Waals surface area contributed by atoms with Crippen molar-refractivity contribution in [2.24, 2.45) is 0 Å². The number of aromatic hydroxyl groups is 2. The number of carbonyl (C=O) groups excluding carboxylic acids is 1. The molecule has 2 aromatic rings. The van der Waals surface area contributed by atoms with Gasteiger partial charge in [-0.2, -0.15) is 0 Å². The van der Waals surface area contributed by atoms with Gasteiger partial charge in [-0.25, -0.2) is 4.39 Å². The molecule has 0 bridgehead atoms. The smallest absolute Gasteiger partial charge is 0.259 e. The Hall–Kier alpha value is -2.50. The molecular formula is C16H19FN2O3. The summed E-state index contributed by atoms with van der Waals surface area (Å²) in [4.78, 5) is 13.8. The zero-order valence-corrected chi connectivity index (χ0v) is 12.7. The molecule has 0 aliphatic carbocycles. The van der Waals surface area contributed by atoms with Gasteiger partial charge in [0.2, 0.25) is 5.88 Å². The predicted molar refractivity (Wildman–Crippen MR) is 80.3 cm³/mol. The number of benzene rings is 1. The molecule has 0 radical (unpaired) electrons. The lowest BCUT2D eigenvalue weighted by Gasteiger charge is -2.16. The second kappa shape index (κ2) is 6.09. The molecule has 0 aliphatic rings. The quantitative estimate of drug-likeness (QED) is 0.913. The van der Waals surface area contributed by atoms with Crippen molar-refractivity contribution in [1.82, 2.24) is 9.47 Å². The molecule has 0 unspecified atom stereocenters. The SMILES string of the molecule is CC(C)n1cc(C(=O)N(C)Cc2ccc(F)cc2)c(O)c1O. The molecule has 6 heteroatoms. The predicted octanol–water partition coefficient (Wildman–Crippen LogP) is 2.89. The number of halogens is 1. The first kappa shape index (κ1) is 15.9. The first-order valence-corrected chi connectivity index (χ1v) is 6.94. The van der Waals surface area contributed by atoms with Crippen LogP contribution >= 0.6 is 0 Å². The van der Waals surface area contributed by atoms with E-state index < -0.39 is 11.7 Å². The van der Waals surface area contributed by atoms with E-state index in [2.05, 4.69) is 0 Å². The van der Waals surface area contributed by atoms with Crippen molar-refractivity contribution in [2.75, 3.05) is 7.05 Å². The number of nitrogens with zero attached hydrogens (tertiary/aromatic N) is 2. The van der Waals surface area contributed by atoms with Gasteiger partial charge in [0.25, 0.3) is 5.91 Å². The summed E-state index contributed by atoms with van der Waals surface area (Å²) in [6, 6.07) is 5.75. The van der Waals surface area contributed by atoms with E-state index in [1.54, 1.807) is 19.2 Å². The molecule has 1 amide bonds. The Kier molecular flexibility index (Phi) is 4.40. The molecule has 0 atom stereocenters. The van der Waals surface area contributed by atoms with E-state index in [1.807, 2.05) is 13.8 Å². The Balaban J connectivity index is 2.20. The van der Waals surface area contributed by atoms with Crippen molar-refractivity contribution in [2.45, 2.75) is 26.4 Å². The third kappa shape index (κ3) is 3.05. The molecule has 1 aromatic carbocycles. The van der Waals surface area contributed by atoms with E-state index in [1.165, 1.54) is 27.8 Å². The largest absolute Gasteiger partial charge is 0.503 e. The van der Waals surface area contributed by atoms with Crippen LogP contribution in [0.1, 0.15) is 35.8 Å². The van der Waals surface area contributed by atoms with Crippen LogP contribution in [0.25, 0.3) is 0 Å². The standard InChI is InChI=1S/C16H19FN2O3/c1-10(2)19-9-13(14(20)16(19)22)15(21)18(3)8-11-4-6-12(17)7-5-11/h4-7,9-10,20,22H,8H2,1-3H3. The monoisotopic (exact) mass is 306 g/mol. The van der Waals surface area contributed by atoms with E-state index in [4.69, 9.17) is 0 Å². The molecule has 2 N–H and O–H groups in total. The molecule has 2 rings (SSSR count). The maximum absolute atomic E-state index is 12.9. The van der Waals surface area contributed by atoms with Crippen molar-refractivity contribution in [3.05, 3.63) is 47.4 Å². The molecule has 0 saturated carbocycles. The zero-order chi connectivity index (χ0) is 16.4. The van der Waals surface area contributed by atoms with Crippen LogP contribution < -0.4 is 0 Å². The van der Waals surface area contributed by atoms with E-state index in [0.717, 1.165) is 5.56 Å². The number of amides is 1. The molecular weight excluding hydrogens is 287 g/mol. The summed E-state index contributed by atoms with van der Waals surface area (Å²) >= 11 is 0. The van der Waals surface area contributed by atoms with Crippen molar-refractivity contribution in [1.29, 1.82) is 0 Å². The van der Waals surface area contributed by atoms with Crippen LogP contribution in [0.4, 0.5) is 4.39 Å². The van der Waals surface area contributed by atoms with Gasteiger partial charge in [0.05, 0.1) is 0 Å². The van der Waals surface area contributed by atoms with Crippen LogP contribution in [-0.4, -0.2) is 32.6 Å². The van der Waals surface area contributed by atoms with Crippen LogP contribution in [0, 0.1) is 5.82 Å². The van der Waals surface area contributed by atoms with Crippen LogP contribution in [0.5, 0.6) is 11.6 Å². The Morgan fingerprint density at radius 1 is 1.27 bits per heavy atom. The minimum atomic E-state index is -0.426. The molecule has 118 valence electrons. The number of rotatable bonds is 4. The Morgan fingerprint density at radius 3 is 2.36 bits per heavy atom. The molecule has 0 saturated heterocycles. The first-order valence-electron chi connectivity index (χ1n) is 6.94. The highest BCUT2D eigenvalue weighted by atomic mass is 19.1. The number of aromatic nitrogens is 1. The summed E-state index contributed by atoms with van der Waals surface area (Å²) in [5.41, 5.74) is 0.806. The molecule has 0 spiro atoms. The lowest BCUT2D eigenvalue weighted by molar-refractivity contribution is 0.0782. The maximum Gasteiger partial charge on any atom is 0.259 e. The van der Waals surface area contributed by atoms with Gasteiger partial charge < -0.3 is 19.7 Å². The topological polar surface area (TPSA) is 65.7 Å². The number of hydrogen-bond donors (Lipinski definition) is 2. The fourth-order valence-corrected chi connectivity index (χ4v) is 2.20. The average Bonchev–Trinajstić information content (AvgIpc) is 2.77. The van der Waals surface area contributed by atoms with Crippen molar-refractivity contribution >= 4 is 5.91 Å². The van der Waals surface area contributed by atoms with Gasteiger partial charge in [-0.3, -0.25) is 4.79 Å². The Bertz CT molecular complexity index is 677. The van der Waals surface area contributed by atoms with E-state index >= 15 is 0 Å². The lowest BCUT2D eigenvalue weighted by Crippen LogP contribution is -2.26. The highest BCUT2D eigenvalue weighted by Crippen LogP contribution is 2.34. The van der Waals surface area contributed by atoms with Crippen molar-refractivity contribution in [3.63, 3.8) is 0 Å². The summed E-state index contributed by atoms with van der Waals surface area (Å²) in [5, 5.41) is 19.8. The summed E-state index contributed by atoms with van der Waals surface area (Å²) < 4.78 is 14.3. The summed E-state index contributed by atoms with van der Waals surface area (Å²) in [6.07, 6.45) is 1.43. The summed E-state index contributed by atoms with van der Waals surface area (Å²) in [5.74, 6) is -1.51. The van der Waals surface area contributed by atoms with E-state index in [9.17, 15) is 19.4 Å². The van der Waals surface area contributed by atoms with E-state index in [0.29, 0.717) is 0 Å². The Labute approximate surface area is 128 Å². The van der Waals surface area contributed by atoms with Crippen LogP contribution in [0.15, 0.2) is 30.5 Å². The van der Waals surface area contributed by atoms with Gasteiger partial charge >= 0.3 is 0 Å². The second-order valence-corrected chi connectivity index (χ2v) is 5.50. The molecule has 0 aliphatic heterocycles. The highest BCUT2D eigenvalue weighted by Gasteiger charge is 2.23. The summed E-state index contributed by atoms with van der Waals surface area (Å²) in [7, 11) is 1.58. The Morgan fingerprint density at radius 2 is 1.86 bits per heavy atom. The van der Waals surface area contributed by atoms with Gasteiger partial charge in [-0.15, -0.1) is 0 Å². The van der Waals surface area contributed by atoms with Crippen LogP contribution in [-0.2, 0) is 6.54 Å². The molecule has 22 heavy (non-hydrogen) atoms. The van der Waals surface area contributed by atoms with Crippen LogP contribution in [0.2, 0.25) is 0 Å². The zero-order valence-electron chi connectivity index (χ0n) is 12.7. The second-order valence-electron chi connectivity index (χ2n) is 5.50. The van der Waals surface area contributed by atoms with Crippen molar-refractivity contribution < 1.29 is 19.4 Å². The highest BCUT2D eigenvalue weighted by molar-refractivity contribution is 5.97. The minimum Gasteiger partial charge on any atom is -0.503 e. The molecule has 0 fully saturated rings. The minimum absolute atomic E-state index is 0.0378. The van der Waals surface area contributed by atoms with Gasteiger partial charge in [0, 0.05) is 25.8 Å². The fourth-order valence-electron chi connectivity index (χ4n) is 2.20. The molecule has 1 heterocycles. The molecule has 1 aromatic heterocycles. The van der Waals surface area contributed by atoms with Crippen molar-refractivity contribution in [3.8, 4) is 11.6 Å². The number of carbonyl (C=O) groups is 1. The van der Waals surface area contributed by atoms with Gasteiger partial charge in [0.1, 0.15) is 11.4 Å². The molecule has 5 nitrogen and oxygen atoms in total. The first-order chi connectivity index (χ1) is 10.3. The third-order valence-electron chi connectivity index (χ3n) is 3.45. The van der Waals surface area contributed by atoms with Gasteiger partial charge in [0.15, 0.2) is 5.75 Å². The average molecular weight is 306 g/mol. The maximum atomic E-state index is 12.9. The van der Waals surface area contributed by atoms with Gasteiger partial charge in [-0.1, -0.05) is 12.1 Å². The summed E-state index contributed by atoms with van der Waals surface area (Å²) in [6.45, 7) is 3.93. The lowest BCUT2D eigenvalue weighted by atomic mass is 10.2.